The summed E-state index contributed by atoms with van der Waals surface area (Å²) in [7, 11) is 3.32. The molecule has 0 bridgehead atoms. The van der Waals surface area contributed by atoms with Gasteiger partial charge in [-0.1, -0.05) is 42.5 Å². The molecular weight excluding hydrogens is 264 g/mol. The van der Waals surface area contributed by atoms with E-state index in [1.165, 1.54) is 11.1 Å². The van der Waals surface area contributed by atoms with Gasteiger partial charge < -0.3 is 14.2 Å². The van der Waals surface area contributed by atoms with Gasteiger partial charge in [0, 0.05) is 20.6 Å². The SMILES string of the molecule is COC(CCc1ccc(OCc2ccccc2)cc1)OC. The maximum Gasteiger partial charge on any atom is 0.157 e. The van der Waals surface area contributed by atoms with Crippen LogP contribution in [0.5, 0.6) is 5.75 Å². The van der Waals surface area contributed by atoms with Gasteiger partial charge in [0.2, 0.25) is 0 Å². The largest absolute Gasteiger partial charge is 0.489 e. The van der Waals surface area contributed by atoms with E-state index in [-0.39, 0.29) is 6.29 Å². The van der Waals surface area contributed by atoms with Crippen LogP contribution in [0.3, 0.4) is 0 Å². The number of benzene rings is 2. The minimum Gasteiger partial charge on any atom is -0.489 e. The van der Waals surface area contributed by atoms with Crippen LogP contribution in [-0.4, -0.2) is 20.5 Å². The predicted molar refractivity (Wildman–Crippen MR) is 83.3 cm³/mol. The second-order valence-electron chi connectivity index (χ2n) is 4.86. The number of ether oxygens (including phenoxy) is 3. The Morgan fingerprint density at radius 1 is 0.810 bits per heavy atom. The van der Waals surface area contributed by atoms with Gasteiger partial charge in [0.05, 0.1) is 0 Å². The van der Waals surface area contributed by atoms with Crippen LogP contribution in [0.4, 0.5) is 0 Å². The van der Waals surface area contributed by atoms with Crippen LogP contribution in [0.15, 0.2) is 54.6 Å². The summed E-state index contributed by atoms with van der Waals surface area (Å²) in [6, 6.07) is 18.3. The van der Waals surface area contributed by atoms with Crippen molar-refractivity contribution in [2.24, 2.45) is 0 Å². The molecule has 0 atom stereocenters. The zero-order valence-corrected chi connectivity index (χ0v) is 12.6. The van der Waals surface area contributed by atoms with Crippen LogP contribution in [0.25, 0.3) is 0 Å². The highest BCUT2D eigenvalue weighted by molar-refractivity contribution is 5.27. The molecule has 0 aliphatic heterocycles. The highest BCUT2D eigenvalue weighted by atomic mass is 16.7. The molecule has 0 fully saturated rings. The van der Waals surface area contributed by atoms with E-state index in [4.69, 9.17) is 14.2 Å². The van der Waals surface area contributed by atoms with Gasteiger partial charge in [-0.25, -0.2) is 0 Å². The van der Waals surface area contributed by atoms with E-state index in [1.807, 2.05) is 30.3 Å². The molecule has 0 aliphatic rings. The fourth-order valence-corrected chi connectivity index (χ4v) is 2.11. The second-order valence-corrected chi connectivity index (χ2v) is 4.86. The lowest BCUT2D eigenvalue weighted by Gasteiger charge is -2.13. The summed E-state index contributed by atoms with van der Waals surface area (Å²) in [5.74, 6) is 0.887. The van der Waals surface area contributed by atoms with E-state index in [9.17, 15) is 0 Å². The van der Waals surface area contributed by atoms with Gasteiger partial charge >= 0.3 is 0 Å². The van der Waals surface area contributed by atoms with Gasteiger partial charge in [0.1, 0.15) is 12.4 Å². The Morgan fingerprint density at radius 3 is 2.10 bits per heavy atom. The molecule has 0 spiro atoms. The molecule has 3 nitrogen and oxygen atoms in total. The van der Waals surface area contributed by atoms with Crippen molar-refractivity contribution in [2.75, 3.05) is 14.2 Å². The van der Waals surface area contributed by atoms with Gasteiger partial charge in [-0.15, -0.1) is 0 Å². The van der Waals surface area contributed by atoms with E-state index in [2.05, 4.69) is 24.3 Å². The smallest absolute Gasteiger partial charge is 0.157 e. The quantitative estimate of drug-likeness (QED) is 0.690. The van der Waals surface area contributed by atoms with E-state index >= 15 is 0 Å². The monoisotopic (exact) mass is 286 g/mol. The molecule has 0 saturated heterocycles. The fourth-order valence-electron chi connectivity index (χ4n) is 2.11. The summed E-state index contributed by atoms with van der Waals surface area (Å²) in [4.78, 5) is 0. The van der Waals surface area contributed by atoms with Crippen molar-refractivity contribution in [3.05, 3.63) is 65.7 Å². The maximum absolute atomic E-state index is 5.77. The van der Waals surface area contributed by atoms with E-state index in [0.717, 1.165) is 18.6 Å². The van der Waals surface area contributed by atoms with Crippen molar-refractivity contribution in [1.29, 1.82) is 0 Å². The van der Waals surface area contributed by atoms with Crippen molar-refractivity contribution in [3.8, 4) is 5.75 Å². The Hall–Kier alpha value is -1.84. The summed E-state index contributed by atoms with van der Waals surface area (Å²) in [5.41, 5.74) is 2.42. The molecule has 2 rings (SSSR count). The Balaban J connectivity index is 1.81. The average Bonchev–Trinajstić information content (AvgIpc) is 2.56. The summed E-state index contributed by atoms with van der Waals surface area (Å²) < 4.78 is 16.1. The lowest BCUT2D eigenvalue weighted by Crippen LogP contribution is -2.13. The second kappa shape index (κ2) is 8.45. The summed E-state index contributed by atoms with van der Waals surface area (Å²) in [6.45, 7) is 0.593. The molecule has 21 heavy (non-hydrogen) atoms. The standard InChI is InChI=1S/C18H22O3/c1-19-18(20-2)13-10-15-8-11-17(12-9-15)21-14-16-6-4-3-5-7-16/h3-9,11-12,18H,10,13-14H2,1-2H3. The first kappa shape index (κ1) is 15.5. The van der Waals surface area contributed by atoms with Gasteiger partial charge in [0.25, 0.3) is 0 Å². The van der Waals surface area contributed by atoms with Crippen LogP contribution in [0.2, 0.25) is 0 Å². The normalized spacial score (nSPS) is 10.8. The highest BCUT2D eigenvalue weighted by Gasteiger charge is 2.05. The number of aryl methyl sites for hydroxylation is 1. The first-order valence-corrected chi connectivity index (χ1v) is 7.13. The minimum absolute atomic E-state index is 0.140. The van der Waals surface area contributed by atoms with E-state index in [1.54, 1.807) is 14.2 Å². The van der Waals surface area contributed by atoms with Crippen molar-refractivity contribution in [2.45, 2.75) is 25.7 Å². The molecule has 0 N–H and O–H groups in total. The molecule has 0 radical (unpaired) electrons. The Labute approximate surface area is 126 Å². The molecular formula is C18H22O3. The molecule has 0 aromatic heterocycles. The first-order valence-electron chi connectivity index (χ1n) is 7.13. The van der Waals surface area contributed by atoms with Crippen LogP contribution in [0.1, 0.15) is 17.5 Å². The van der Waals surface area contributed by atoms with Crippen LogP contribution in [0, 0.1) is 0 Å². The van der Waals surface area contributed by atoms with Crippen LogP contribution in [-0.2, 0) is 22.5 Å². The van der Waals surface area contributed by atoms with Crippen molar-refractivity contribution >= 4 is 0 Å². The molecule has 0 unspecified atom stereocenters. The third kappa shape index (κ3) is 5.21. The highest BCUT2D eigenvalue weighted by Crippen LogP contribution is 2.16. The molecule has 0 heterocycles. The zero-order valence-electron chi connectivity index (χ0n) is 12.6. The van der Waals surface area contributed by atoms with Gasteiger partial charge in [0.15, 0.2) is 6.29 Å². The molecule has 3 heteroatoms. The van der Waals surface area contributed by atoms with Crippen LogP contribution < -0.4 is 4.74 Å². The lowest BCUT2D eigenvalue weighted by atomic mass is 10.1. The van der Waals surface area contributed by atoms with Crippen molar-refractivity contribution in [1.82, 2.24) is 0 Å². The van der Waals surface area contributed by atoms with E-state index in [0.29, 0.717) is 6.61 Å². The van der Waals surface area contributed by atoms with Crippen molar-refractivity contribution in [3.63, 3.8) is 0 Å². The summed E-state index contributed by atoms with van der Waals surface area (Å²) >= 11 is 0. The molecule has 0 aliphatic carbocycles. The molecule has 112 valence electrons. The maximum atomic E-state index is 5.77. The van der Waals surface area contributed by atoms with Crippen LogP contribution >= 0.6 is 0 Å². The Bertz CT molecular complexity index is 504. The molecule has 2 aromatic carbocycles. The number of hydrogen-bond donors (Lipinski definition) is 0. The number of methoxy groups -OCH3 is 2. The topological polar surface area (TPSA) is 27.7 Å². The van der Waals surface area contributed by atoms with E-state index < -0.39 is 0 Å². The summed E-state index contributed by atoms with van der Waals surface area (Å²) in [6.07, 6.45) is 1.63. The Morgan fingerprint density at radius 2 is 1.48 bits per heavy atom. The fraction of sp³-hybridized carbons (Fsp3) is 0.333. The van der Waals surface area contributed by atoms with Crippen molar-refractivity contribution < 1.29 is 14.2 Å². The predicted octanol–water partition coefficient (Wildman–Crippen LogP) is 3.82. The molecule has 0 amide bonds. The van der Waals surface area contributed by atoms with Gasteiger partial charge in [-0.05, 0) is 29.7 Å². The molecule has 2 aromatic rings. The Kier molecular flexibility index (Phi) is 6.25. The number of rotatable bonds is 8. The van der Waals surface area contributed by atoms with Gasteiger partial charge in [-0.2, -0.15) is 0 Å². The summed E-state index contributed by atoms with van der Waals surface area (Å²) in [5, 5.41) is 0. The average molecular weight is 286 g/mol. The zero-order chi connectivity index (χ0) is 14.9. The molecule has 0 saturated carbocycles. The minimum atomic E-state index is -0.140. The van der Waals surface area contributed by atoms with Gasteiger partial charge in [-0.3, -0.25) is 0 Å². The lowest BCUT2D eigenvalue weighted by molar-refractivity contribution is -0.105. The first-order chi connectivity index (χ1) is 10.3. The number of hydrogen-bond acceptors (Lipinski definition) is 3. The third-order valence-electron chi connectivity index (χ3n) is 3.37. The third-order valence-corrected chi connectivity index (χ3v) is 3.37.